The maximum absolute atomic E-state index is 13.2. The molecule has 114 valence electrons. The number of hydrogen-bond donors (Lipinski definition) is 2. The quantitative estimate of drug-likeness (QED) is 0.637. The molecule has 6 heteroatoms. The van der Waals surface area contributed by atoms with Crippen molar-refractivity contribution in [2.75, 3.05) is 0 Å². The summed E-state index contributed by atoms with van der Waals surface area (Å²) in [5.74, 6) is 5.28. The first kappa shape index (κ1) is 15.9. The summed E-state index contributed by atoms with van der Waals surface area (Å²) in [5.41, 5.74) is 5.79. The lowest BCUT2D eigenvalue weighted by Crippen LogP contribution is -2.31. The fourth-order valence-corrected chi connectivity index (χ4v) is 2.55. The average molecular weight is 311 g/mol. The number of benzene rings is 1. The van der Waals surface area contributed by atoms with Gasteiger partial charge in [-0.05, 0) is 43.5 Å². The molecule has 0 amide bonds. The summed E-state index contributed by atoms with van der Waals surface area (Å²) in [7, 11) is 0. The topological polar surface area (TPSA) is 55.9 Å². The van der Waals surface area contributed by atoms with Crippen LogP contribution in [0.25, 0.3) is 0 Å². The van der Waals surface area contributed by atoms with Gasteiger partial charge in [0.2, 0.25) is 0 Å². The fourth-order valence-electron chi connectivity index (χ4n) is 2.34. The molecule has 0 aliphatic carbocycles. The van der Waals surface area contributed by atoms with Gasteiger partial charge in [-0.1, -0.05) is 24.6 Å². The Labute approximate surface area is 129 Å². The van der Waals surface area contributed by atoms with Gasteiger partial charge in [0, 0.05) is 6.54 Å². The summed E-state index contributed by atoms with van der Waals surface area (Å²) in [4.78, 5) is 0. The molecule has 4 nitrogen and oxygen atoms in total. The molecule has 21 heavy (non-hydrogen) atoms. The van der Waals surface area contributed by atoms with Crippen molar-refractivity contribution in [1.29, 1.82) is 0 Å². The highest BCUT2D eigenvalue weighted by atomic mass is 35.5. The van der Waals surface area contributed by atoms with Crippen molar-refractivity contribution in [1.82, 2.24) is 15.2 Å². The van der Waals surface area contributed by atoms with Crippen molar-refractivity contribution in [3.05, 3.63) is 52.1 Å². The van der Waals surface area contributed by atoms with Gasteiger partial charge in [0.05, 0.1) is 22.5 Å². The van der Waals surface area contributed by atoms with Crippen LogP contribution in [-0.4, -0.2) is 9.78 Å². The molecule has 1 heterocycles. The maximum atomic E-state index is 13.2. The van der Waals surface area contributed by atoms with Gasteiger partial charge in [-0.25, -0.2) is 4.39 Å². The van der Waals surface area contributed by atoms with Gasteiger partial charge in [0.25, 0.3) is 0 Å². The van der Waals surface area contributed by atoms with Gasteiger partial charge in [-0.3, -0.25) is 16.0 Å². The molecule has 0 aliphatic heterocycles. The van der Waals surface area contributed by atoms with Crippen LogP contribution in [0, 0.1) is 5.82 Å². The molecule has 0 saturated heterocycles. The molecule has 1 aromatic heterocycles. The van der Waals surface area contributed by atoms with Crippen LogP contribution in [0.15, 0.2) is 24.3 Å². The minimum Gasteiger partial charge on any atom is -0.271 e. The van der Waals surface area contributed by atoms with Crippen LogP contribution >= 0.6 is 11.6 Å². The van der Waals surface area contributed by atoms with Crippen molar-refractivity contribution >= 4 is 11.6 Å². The van der Waals surface area contributed by atoms with E-state index < -0.39 is 5.82 Å². The molecule has 0 saturated carbocycles. The number of hydrazine groups is 1. The molecule has 0 fully saturated rings. The smallest absolute Gasteiger partial charge is 0.141 e. The van der Waals surface area contributed by atoms with Crippen LogP contribution in [0.2, 0.25) is 5.02 Å². The monoisotopic (exact) mass is 310 g/mol. The predicted molar refractivity (Wildman–Crippen MR) is 82.5 cm³/mol. The first-order valence-corrected chi connectivity index (χ1v) is 7.43. The minimum atomic E-state index is -0.412. The van der Waals surface area contributed by atoms with Crippen LogP contribution in [0.1, 0.15) is 36.8 Å². The number of nitrogens with two attached hydrogens (primary N) is 1. The normalized spacial score (nSPS) is 12.6. The molecule has 0 spiro atoms. The maximum Gasteiger partial charge on any atom is 0.141 e. The highest BCUT2D eigenvalue weighted by Crippen LogP contribution is 2.22. The molecule has 0 aliphatic rings. The van der Waals surface area contributed by atoms with Gasteiger partial charge in [0.1, 0.15) is 5.82 Å². The van der Waals surface area contributed by atoms with Crippen LogP contribution in [0.5, 0.6) is 0 Å². The second-order valence-electron chi connectivity index (χ2n) is 4.90. The SMILES string of the molecule is CCc1cc(C(Cc2ccc(F)c(Cl)c2)NN)n(CC)n1. The first-order chi connectivity index (χ1) is 10.1. The summed E-state index contributed by atoms with van der Waals surface area (Å²) >= 11 is 5.83. The summed E-state index contributed by atoms with van der Waals surface area (Å²) in [6, 6.07) is 6.69. The Morgan fingerprint density at radius 2 is 2.14 bits per heavy atom. The van der Waals surface area contributed by atoms with E-state index in [9.17, 15) is 4.39 Å². The number of hydrogen-bond acceptors (Lipinski definition) is 3. The fraction of sp³-hybridized carbons (Fsp3) is 0.400. The van der Waals surface area contributed by atoms with E-state index in [4.69, 9.17) is 17.4 Å². The lowest BCUT2D eigenvalue weighted by Gasteiger charge is -2.17. The standard InChI is InChI=1S/C15H20ClFN4/c1-3-11-9-15(21(4-2)20-11)14(19-18)8-10-5-6-13(17)12(16)7-10/h5-7,9,14,19H,3-4,8,18H2,1-2H3. The molecule has 1 unspecified atom stereocenters. The zero-order valence-electron chi connectivity index (χ0n) is 12.2. The van der Waals surface area contributed by atoms with Gasteiger partial charge in [0.15, 0.2) is 0 Å². The molecule has 2 rings (SSSR count). The Bertz CT molecular complexity index is 612. The van der Waals surface area contributed by atoms with Crippen molar-refractivity contribution in [3.8, 4) is 0 Å². The Morgan fingerprint density at radius 3 is 2.71 bits per heavy atom. The molecule has 0 radical (unpaired) electrons. The lowest BCUT2D eigenvalue weighted by molar-refractivity contribution is 0.489. The molecule has 1 atom stereocenters. The van der Waals surface area contributed by atoms with E-state index in [1.165, 1.54) is 6.07 Å². The Morgan fingerprint density at radius 1 is 1.38 bits per heavy atom. The molecule has 1 aromatic carbocycles. The van der Waals surface area contributed by atoms with Gasteiger partial charge >= 0.3 is 0 Å². The average Bonchev–Trinajstić information content (AvgIpc) is 2.91. The summed E-state index contributed by atoms with van der Waals surface area (Å²) in [5, 5.41) is 4.65. The van der Waals surface area contributed by atoms with Gasteiger partial charge < -0.3 is 0 Å². The third-order valence-corrected chi connectivity index (χ3v) is 3.80. The van der Waals surface area contributed by atoms with Crippen LogP contribution in [0.3, 0.4) is 0 Å². The van der Waals surface area contributed by atoms with E-state index in [1.54, 1.807) is 12.1 Å². The predicted octanol–water partition coefficient (Wildman–Crippen LogP) is 3.01. The van der Waals surface area contributed by atoms with Crippen LogP contribution < -0.4 is 11.3 Å². The van der Waals surface area contributed by atoms with E-state index in [0.29, 0.717) is 6.42 Å². The zero-order chi connectivity index (χ0) is 15.4. The van der Waals surface area contributed by atoms with E-state index >= 15 is 0 Å². The van der Waals surface area contributed by atoms with Crippen molar-refractivity contribution in [3.63, 3.8) is 0 Å². The number of aryl methyl sites for hydroxylation is 2. The summed E-state index contributed by atoms with van der Waals surface area (Å²) in [6.45, 7) is 4.88. The lowest BCUT2D eigenvalue weighted by atomic mass is 10.0. The molecule has 2 aromatic rings. The minimum absolute atomic E-state index is 0.0979. The van der Waals surface area contributed by atoms with Gasteiger partial charge in [-0.15, -0.1) is 0 Å². The van der Waals surface area contributed by atoms with E-state index in [0.717, 1.165) is 29.9 Å². The number of nitrogens with one attached hydrogen (secondary N) is 1. The molecular formula is C15H20ClFN4. The number of aromatic nitrogens is 2. The first-order valence-electron chi connectivity index (χ1n) is 7.05. The third-order valence-electron chi connectivity index (χ3n) is 3.51. The Balaban J connectivity index is 2.26. The van der Waals surface area contributed by atoms with E-state index in [-0.39, 0.29) is 11.1 Å². The number of rotatable bonds is 6. The second-order valence-corrected chi connectivity index (χ2v) is 5.31. The van der Waals surface area contributed by atoms with Crippen LogP contribution in [-0.2, 0) is 19.4 Å². The third kappa shape index (κ3) is 3.61. The Hall–Kier alpha value is -1.43. The van der Waals surface area contributed by atoms with E-state index in [1.807, 2.05) is 11.6 Å². The molecular weight excluding hydrogens is 291 g/mol. The van der Waals surface area contributed by atoms with Crippen molar-refractivity contribution in [2.45, 2.75) is 39.3 Å². The largest absolute Gasteiger partial charge is 0.271 e. The van der Waals surface area contributed by atoms with Crippen molar-refractivity contribution < 1.29 is 4.39 Å². The van der Waals surface area contributed by atoms with Crippen molar-refractivity contribution in [2.24, 2.45) is 5.84 Å². The van der Waals surface area contributed by atoms with Gasteiger partial charge in [-0.2, -0.15) is 5.10 Å². The number of halogens is 2. The van der Waals surface area contributed by atoms with Crippen LogP contribution in [0.4, 0.5) is 4.39 Å². The molecule has 3 N–H and O–H groups in total. The zero-order valence-corrected chi connectivity index (χ0v) is 13.0. The summed E-state index contributed by atoms with van der Waals surface area (Å²) < 4.78 is 15.2. The van der Waals surface area contributed by atoms with E-state index in [2.05, 4.69) is 23.5 Å². The Kier molecular flexibility index (Phi) is 5.33. The highest BCUT2D eigenvalue weighted by molar-refractivity contribution is 6.30. The number of nitrogens with zero attached hydrogens (tertiary/aromatic N) is 2. The second kappa shape index (κ2) is 7.02. The highest BCUT2D eigenvalue weighted by Gasteiger charge is 2.17. The summed E-state index contributed by atoms with van der Waals surface area (Å²) in [6.07, 6.45) is 1.49. The molecule has 0 bridgehead atoms.